The summed E-state index contributed by atoms with van der Waals surface area (Å²) in [5.41, 5.74) is 2.04. The van der Waals surface area contributed by atoms with E-state index < -0.39 is 5.82 Å². The van der Waals surface area contributed by atoms with E-state index >= 15 is 0 Å². The molecule has 0 saturated heterocycles. The first-order chi connectivity index (χ1) is 9.19. The van der Waals surface area contributed by atoms with Gasteiger partial charge in [-0.2, -0.15) is 4.98 Å². The first kappa shape index (κ1) is 13.7. The van der Waals surface area contributed by atoms with Crippen LogP contribution >= 0.6 is 11.6 Å². The molecule has 0 aliphatic heterocycles. The Hall–Kier alpha value is -1.68. The van der Waals surface area contributed by atoms with Gasteiger partial charge in [-0.1, -0.05) is 25.5 Å². The van der Waals surface area contributed by atoms with Crippen LogP contribution in [0.25, 0.3) is 0 Å². The predicted octanol–water partition coefficient (Wildman–Crippen LogP) is 4.36. The minimum Gasteiger partial charge on any atom is -0.338 e. The Morgan fingerprint density at radius 3 is 2.68 bits per heavy atom. The number of aryl methyl sites for hydroxylation is 1. The molecule has 1 N–H and O–H groups in total. The van der Waals surface area contributed by atoms with E-state index in [-0.39, 0.29) is 11.1 Å². The van der Waals surface area contributed by atoms with Gasteiger partial charge >= 0.3 is 0 Å². The summed E-state index contributed by atoms with van der Waals surface area (Å²) in [4.78, 5) is 7.38. The Morgan fingerprint density at radius 2 is 2.00 bits per heavy atom. The molecule has 5 heteroatoms. The van der Waals surface area contributed by atoms with E-state index in [4.69, 9.17) is 11.6 Å². The highest BCUT2D eigenvalue weighted by molar-refractivity contribution is 6.28. The topological polar surface area (TPSA) is 37.8 Å². The average molecular weight is 280 g/mol. The van der Waals surface area contributed by atoms with Crippen LogP contribution in [0.1, 0.15) is 25.3 Å². The Kier molecular flexibility index (Phi) is 4.68. The second kappa shape index (κ2) is 6.48. The maximum absolute atomic E-state index is 13.5. The summed E-state index contributed by atoms with van der Waals surface area (Å²) >= 11 is 5.64. The molecule has 0 radical (unpaired) electrons. The third-order valence-electron chi connectivity index (χ3n) is 2.75. The quantitative estimate of drug-likeness (QED) is 0.827. The van der Waals surface area contributed by atoms with E-state index in [9.17, 15) is 4.39 Å². The van der Waals surface area contributed by atoms with Crippen LogP contribution < -0.4 is 5.32 Å². The predicted molar refractivity (Wildman–Crippen MR) is 75.3 cm³/mol. The van der Waals surface area contributed by atoms with Gasteiger partial charge in [0, 0.05) is 5.69 Å². The second-order valence-electron chi connectivity index (χ2n) is 4.26. The Morgan fingerprint density at radius 1 is 1.26 bits per heavy atom. The summed E-state index contributed by atoms with van der Waals surface area (Å²) in [6, 6.07) is 7.86. The van der Waals surface area contributed by atoms with Crippen molar-refractivity contribution < 1.29 is 4.39 Å². The molecule has 0 aliphatic carbocycles. The molecular weight excluding hydrogens is 265 g/mol. The number of nitrogens with one attached hydrogen (secondary N) is 1. The zero-order valence-electron chi connectivity index (χ0n) is 10.7. The van der Waals surface area contributed by atoms with Crippen LogP contribution in [0.3, 0.4) is 0 Å². The highest BCUT2D eigenvalue weighted by atomic mass is 35.5. The van der Waals surface area contributed by atoms with Crippen LogP contribution in [0.15, 0.2) is 30.5 Å². The zero-order chi connectivity index (χ0) is 13.7. The van der Waals surface area contributed by atoms with Crippen LogP contribution in [0.2, 0.25) is 5.28 Å². The number of hydrogen-bond donors (Lipinski definition) is 1. The average Bonchev–Trinajstić information content (AvgIpc) is 2.42. The van der Waals surface area contributed by atoms with Gasteiger partial charge in [0.15, 0.2) is 11.6 Å². The van der Waals surface area contributed by atoms with Crippen LogP contribution in [0.4, 0.5) is 15.9 Å². The molecule has 0 saturated carbocycles. The minimum atomic E-state index is -0.528. The molecule has 100 valence electrons. The van der Waals surface area contributed by atoms with Gasteiger partial charge in [-0.3, -0.25) is 0 Å². The number of rotatable bonds is 5. The first-order valence-electron chi connectivity index (χ1n) is 6.23. The summed E-state index contributed by atoms with van der Waals surface area (Å²) in [5, 5.41) is 2.90. The third kappa shape index (κ3) is 3.89. The maximum Gasteiger partial charge on any atom is 0.224 e. The largest absolute Gasteiger partial charge is 0.338 e. The van der Waals surface area contributed by atoms with Gasteiger partial charge < -0.3 is 5.32 Å². The molecule has 0 fully saturated rings. The van der Waals surface area contributed by atoms with E-state index in [0.29, 0.717) is 0 Å². The minimum absolute atomic E-state index is 0.0171. The van der Waals surface area contributed by atoms with Crippen LogP contribution in [0, 0.1) is 5.82 Å². The molecular formula is C14H15ClFN3. The number of anilines is 2. The molecule has 0 bridgehead atoms. The van der Waals surface area contributed by atoms with E-state index in [1.807, 2.05) is 24.3 Å². The maximum atomic E-state index is 13.5. The van der Waals surface area contributed by atoms with E-state index in [2.05, 4.69) is 22.2 Å². The van der Waals surface area contributed by atoms with Crippen molar-refractivity contribution >= 4 is 23.1 Å². The Labute approximate surface area is 116 Å². The highest BCUT2D eigenvalue weighted by Crippen LogP contribution is 2.19. The van der Waals surface area contributed by atoms with Gasteiger partial charge in [0.05, 0.1) is 6.20 Å². The van der Waals surface area contributed by atoms with Gasteiger partial charge in [-0.25, -0.2) is 9.37 Å². The van der Waals surface area contributed by atoms with Gasteiger partial charge in [-0.15, -0.1) is 0 Å². The Bertz CT molecular complexity index is 543. The number of unbranched alkanes of at least 4 members (excludes halogenated alkanes) is 1. The number of nitrogens with zero attached hydrogens (tertiary/aromatic N) is 2. The monoisotopic (exact) mass is 279 g/mol. The van der Waals surface area contributed by atoms with Crippen molar-refractivity contribution in [2.45, 2.75) is 26.2 Å². The van der Waals surface area contributed by atoms with Crippen molar-refractivity contribution in [3.63, 3.8) is 0 Å². The third-order valence-corrected chi connectivity index (χ3v) is 2.93. The zero-order valence-corrected chi connectivity index (χ0v) is 11.4. The smallest absolute Gasteiger partial charge is 0.224 e. The van der Waals surface area contributed by atoms with Crippen molar-refractivity contribution in [3.8, 4) is 0 Å². The molecule has 0 amide bonds. The molecule has 0 spiro atoms. The summed E-state index contributed by atoms with van der Waals surface area (Å²) < 4.78 is 13.5. The van der Waals surface area contributed by atoms with Crippen LogP contribution in [-0.2, 0) is 6.42 Å². The summed E-state index contributed by atoms with van der Waals surface area (Å²) in [7, 11) is 0. The molecule has 1 aromatic carbocycles. The van der Waals surface area contributed by atoms with Crippen molar-refractivity contribution in [2.75, 3.05) is 5.32 Å². The van der Waals surface area contributed by atoms with Crippen molar-refractivity contribution in [3.05, 3.63) is 47.1 Å². The van der Waals surface area contributed by atoms with E-state index in [1.165, 1.54) is 18.4 Å². The van der Waals surface area contributed by atoms with Crippen molar-refractivity contribution in [1.82, 2.24) is 9.97 Å². The van der Waals surface area contributed by atoms with Crippen LogP contribution in [-0.4, -0.2) is 9.97 Å². The SMILES string of the molecule is CCCCc1ccc(Nc2nc(Cl)ncc2F)cc1. The fourth-order valence-corrected chi connectivity index (χ4v) is 1.84. The van der Waals surface area contributed by atoms with Crippen molar-refractivity contribution in [2.24, 2.45) is 0 Å². The first-order valence-corrected chi connectivity index (χ1v) is 6.61. The normalized spacial score (nSPS) is 10.5. The lowest BCUT2D eigenvalue weighted by atomic mass is 10.1. The molecule has 3 nitrogen and oxygen atoms in total. The lowest BCUT2D eigenvalue weighted by molar-refractivity contribution is 0.619. The summed E-state index contributed by atoms with van der Waals surface area (Å²) in [6.45, 7) is 2.16. The lowest BCUT2D eigenvalue weighted by Crippen LogP contribution is -1.99. The highest BCUT2D eigenvalue weighted by Gasteiger charge is 2.06. The molecule has 1 heterocycles. The molecule has 2 aromatic rings. The van der Waals surface area contributed by atoms with Gasteiger partial charge in [0.1, 0.15) is 0 Å². The molecule has 0 unspecified atom stereocenters. The molecule has 1 aromatic heterocycles. The number of halogens is 2. The number of hydrogen-bond acceptors (Lipinski definition) is 3. The van der Waals surface area contributed by atoms with Gasteiger partial charge in [0.2, 0.25) is 5.28 Å². The Balaban J connectivity index is 2.08. The number of benzene rings is 1. The molecule has 2 rings (SSSR count). The van der Waals surface area contributed by atoms with E-state index in [1.54, 1.807) is 0 Å². The summed E-state index contributed by atoms with van der Waals surface area (Å²) in [5.74, 6) is -0.444. The lowest BCUT2D eigenvalue weighted by Gasteiger charge is -2.07. The van der Waals surface area contributed by atoms with Gasteiger partial charge in [0.25, 0.3) is 0 Å². The fraction of sp³-hybridized carbons (Fsp3) is 0.286. The molecule has 0 aliphatic rings. The summed E-state index contributed by atoms with van der Waals surface area (Å²) in [6.07, 6.45) is 4.45. The molecule has 0 atom stereocenters. The fourth-order valence-electron chi connectivity index (χ4n) is 1.71. The standard InChI is InChI=1S/C14H15ClFN3/c1-2-3-4-10-5-7-11(8-6-10)18-13-12(16)9-17-14(15)19-13/h5-9H,2-4H2,1H3,(H,17,18,19). The second-order valence-corrected chi connectivity index (χ2v) is 4.60. The molecule has 19 heavy (non-hydrogen) atoms. The number of aromatic nitrogens is 2. The van der Waals surface area contributed by atoms with E-state index in [0.717, 1.165) is 18.3 Å². The van der Waals surface area contributed by atoms with Crippen LogP contribution in [0.5, 0.6) is 0 Å². The van der Waals surface area contributed by atoms with Crippen molar-refractivity contribution in [1.29, 1.82) is 0 Å². The van der Waals surface area contributed by atoms with Gasteiger partial charge in [-0.05, 0) is 42.1 Å².